The molecule has 1 aliphatic rings. The molecule has 2 heterocycles. The molecule has 0 spiro atoms. The van der Waals surface area contributed by atoms with Gasteiger partial charge in [0.15, 0.2) is 5.82 Å². The van der Waals surface area contributed by atoms with Crippen molar-refractivity contribution in [3.63, 3.8) is 0 Å². The molecular weight excluding hydrogens is 873 g/mol. The number of rotatable bonds is 15. The van der Waals surface area contributed by atoms with E-state index in [4.69, 9.17) is 15.0 Å². The lowest BCUT2D eigenvalue weighted by molar-refractivity contribution is 0.519. The third-order valence-electron chi connectivity index (χ3n) is 14.0. The molecule has 4 heteroatoms. The van der Waals surface area contributed by atoms with Gasteiger partial charge < -0.3 is 4.90 Å². The summed E-state index contributed by atoms with van der Waals surface area (Å²) in [6.45, 7) is 2.30. The molecule has 0 fully saturated rings. The predicted molar refractivity (Wildman–Crippen MR) is 300 cm³/mol. The van der Waals surface area contributed by atoms with Crippen molar-refractivity contribution in [3.05, 3.63) is 300 Å². The van der Waals surface area contributed by atoms with Crippen LogP contribution in [0.1, 0.15) is 65.1 Å². The zero-order valence-electron chi connectivity index (χ0n) is 40.5. The second kappa shape index (κ2) is 21.5. The van der Waals surface area contributed by atoms with E-state index in [-0.39, 0.29) is 17.9 Å². The molecule has 3 unspecified atom stereocenters. The quantitative estimate of drug-likeness (QED) is 0.103. The van der Waals surface area contributed by atoms with E-state index < -0.39 is 0 Å². The third kappa shape index (κ3) is 10.1. The van der Waals surface area contributed by atoms with Crippen molar-refractivity contribution in [2.45, 2.75) is 38.1 Å². The Morgan fingerprint density at radius 3 is 1.47 bits per heavy atom. The predicted octanol–water partition coefficient (Wildman–Crippen LogP) is 17.4. The van der Waals surface area contributed by atoms with E-state index in [1.54, 1.807) is 0 Å². The number of aliphatic imine (C=N–C) groups is 1. The van der Waals surface area contributed by atoms with Crippen LogP contribution in [0.15, 0.2) is 272 Å². The summed E-state index contributed by atoms with van der Waals surface area (Å²) in [5.41, 5.74) is 18.2. The van der Waals surface area contributed by atoms with E-state index in [2.05, 4.69) is 254 Å². The van der Waals surface area contributed by atoms with E-state index in [1.165, 1.54) is 33.4 Å². The number of aryl methyl sites for hydroxylation is 1. The van der Waals surface area contributed by atoms with Gasteiger partial charge in [-0.1, -0.05) is 225 Å². The molecule has 1 aliphatic heterocycles. The van der Waals surface area contributed by atoms with Crippen LogP contribution in [-0.2, 0) is 6.42 Å². The maximum absolute atomic E-state index is 5.40. The van der Waals surface area contributed by atoms with Crippen LogP contribution in [0, 0.1) is 5.92 Å². The smallest absolute Gasteiger partial charge is 0.160 e. The van der Waals surface area contributed by atoms with E-state index in [9.17, 15) is 0 Å². The molecule has 0 saturated carbocycles. The first-order valence-electron chi connectivity index (χ1n) is 25.2. The van der Waals surface area contributed by atoms with Crippen LogP contribution in [0.4, 0.5) is 17.1 Å². The summed E-state index contributed by atoms with van der Waals surface area (Å²) in [4.78, 5) is 17.8. The summed E-state index contributed by atoms with van der Waals surface area (Å²) in [5.74, 6) is 1.21. The molecule has 0 radical (unpaired) electrons. The fourth-order valence-electron chi connectivity index (χ4n) is 10.3. The van der Waals surface area contributed by atoms with Crippen LogP contribution in [0.2, 0.25) is 0 Å². The fourth-order valence-corrected chi connectivity index (χ4v) is 10.3. The maximum Gasteiger partial charge on any atom is 0.160 e. The zero-order valence-corrected chi connectivity index (χ0v) is 40.5. The number of anilines is 3. The van der Waals surface area contributed by atoms with Gasteiger partial charge in [0.1, 0.15) is 0 Å². The molecule has 11 rings (SSSR count). The Morgan fingerprint density at radius 2 is 0.889 bits per heavy atom. The number of para-hydroxylation sites is 1. The molecule has 3 atom stereocenters. The molecule has 10 aromatic rings. The van der Waals surface area contributed by atoms with Crippen molar-refractivity contribution in [2.75, 3.05) is 4.90 Å². The molecule has 348 valence electrons. The number of allylic oxidation sites excluding steroid dienone is 1. The molecule has 0 aliphatic carbocycles. The van der Waals surface area contributed by atoms with E-state index in [0.29, 0.717) is 5.82 Å². The third-order valence-corrected chi connectivity index (χ3v) is 14.0. The van der Waals surface area contributed by atoms with Gasteiger partial charge in [0.25, 0.3) is 0 Å². The van der Waals surface area contributed by atoms with Gasteiger partial charge in [-0.2, -0.15) is 0 Å². The SMILES string of the molecule is CCC1C(c2ccc(C(CCc3ccc(N(c4ccccc4)c4ccc(-c5cc(-c6ccccc6)nc(-c6ccccc6)n5)cc4)cc3)c3ccccc3)cc2)=CC(c2ccccc2)=NC1c1ccccc1. The van der Waals surface area contributed by atoms with Crippen molar-refractivity contribution >= 4 is 28.3 Å². The largest absolute Gasteiger partial charge is 0.311 e. The highest BCUT2D eigenvalue weighted by Crippen LogP contribution is 2.43. The van der Waals surface area contributed by atoms with Gasteiger partial charge in [0, 0.05) is 45.6 Å². The van der Waals surface area contributed by atoms with Gasteiger partial charge in [-0.05, 0) is 107 Å². The van der Waals surface area contributed by atoms with Crippen LogP contribution in [-0.4, -0.2) is 15.7 Å². The Kier molecular flexibility index (Phi) is 13.6. The molecule has 1 aromatic heterocycles. The lowest BCUT2D eigenvalue weighted by Gasteiger charge is -2.31. The monoisotopic (exact) mass is 928 g/mol. The minimum absolute atomic E-state index is 0.0494. The Bertz CT molecular complexity index is 3340. The molecule has 0 bridgehead atoms. The first kappa shape index (κ1) is 45.7. The minimum atomic E-state index is 0.0494. The maximum atomic E-state index is 5.40. The Hall–Kier alpha value is -8.73. The second-order valence-corrected chi connectivity index (χ2v) is 18.6. The zero-order chi connectivity index (χ0) is 48.5. The highest BCUT2D eigenvalue weighted by Gasteiger charge is 2.30. The van der Waals surface area contributed by atoms with Crippen molar-refractivity contribution in [1.29, 1.82) is 0 Å². The van der Waals surface area contributed by atoms with Crippen molar-refractivity contribution in [2.24, 2.45) is 10.9 Å². The highest BCUT2D eigenvalue weighted by atomic mass is 15.1. The number of dihydropyridines is 1. The Morgan fingerprint density at radius 1 is 0.431 bits per heavy atom. The van der Waals surface area contributed by atoms with Crippen molar-refractivity contribution in [1.82, 2.24) is 9.97 Å². The van der Waals surface area contributed by atoms with E-state index >= 15 is 0 Å². The van der Waals surface area contributed by atoms with Gasteiger partial charge in [0.05, 0.1) is 23.1 Å². The number of aromatic nitrogens is 2. The molecular formula is C68H56N4. The summed E-state index contributed by atoms with van der Waals surface area (Å²) >= 11 is 0. The average Bonchev–Trinajstić information content (AvgIpc) is 3.47. The summed E-state index contributed by atoms with van der Waals surface area (Å²) < 4.78 is 0. The second-order valence-electron chi connectivity index (χ2n) is 18.6. The first-order valence-corrected chi connectivity index (χ1v) is 25.2. The van der Waals surface area contributed by atoms with Gasteiger partial charge >= 0.3 is 0 Å². The normalized spacial score (nSPS) is 14.7. The van der Waals surface area contributed by atoms with Crippen LogP contribution >= 0.6 is 0 Å². The van der Waals surface area contributed by atoms with Gasteiger partial charge in [-0.3, -0.25) is 4.99 Å². The minimum Gasteiger partial charge on any atom is -0.311 e. The van der Waals surface area contributed by atoms with Crippen molar-refractivity contribution < 1.29 is 0 Å². The molecule has 72 heavy (non-hydrogen) atoms. The average molecular weight is 929 g/mol. The van der Waals surface area contributed by atoms with Crippen LogP contribution in [0.3, 0.4) is 0 Å². The van der Waals surface area contributed by atoms with E-state index in [0.717, 1.165) is 75.7 Å². The van der Waals surface area contributed by atoms with Crippen LogP contribution in [0.25, 0.3) is 39.5 Å². The first-order chi connectivity index (χ1) is 35.6. The fraction of sp³-hybridized carbons (Fsp3) is 0.103. The Labute approximate surface area is 424 Å². The lowest BCUT2D eigenvalue weighted by Crippen LogP contribution is -2.20. The number of benzene rings is 9. The van der Waals surface area contributed by atoms with Gasteiger partial charge in [0.2, 0.25) is 0 Å². The Balaban J connectivity index is 0.853. The molecule has 0 N–H and O–H groups in total. The number of hydrogen-bond donors (Lipinski definition) is 0. The van der Waals surface area contributed by atoms with Crippen molar-refractivity contribution in [3.8, 4) is 33.9 Å². The topological polar surface area (TPSA) is 41.4 Å². The summed E-state index contributed by atoms with van der Waals surface area (Å²) in [6.07, 6.45) is 5.26. The number of nitrogens with zero attached hydrogens (tertiary/aromatic N) is 4. The highest BCUT2D eigenvalue weighted by molar-refractivity contribution is 6.13. The standard InChI is InChI=1S/C68H56N4/c1-2-61-63(47-64(53-23-11-4-12-24-53)69-67(61)56-27-15-6-16-28-56)52-38-36-51(37-39-52)62(50-21-9-3-10-22-50)46-35-49-33-42-59(43-34-49)72(58-31-19-8-20-32-58)60-44-40-55(41-45-60)66-48-65(54-25-13-5-14-26-54)70-68(71-66)57-29-17-7-18-30-57/h3-34,36-45,47-48,61-62,67H,2,35,46H2,1H3. The summed E-state index contributed by atoms with van der Waals surface area (Å²) in [7, 11) is 0. The molecule has 9 aromatic carbocycles. The molecule has 4 nitrogen and oxygen atoms in total. The van der Waals surface area contributed by atoms with Crippen LogP contribution < -0.4 is 4.90 Å². The molecule has 0 amide bonds. The van der Waals surface area contributed by atoms with E-state index in [1.807, 2.05) is 24.3 Å². The summed E-state index contributed by atoms with van der Waals surface area (Å²) in [6, 6.07) is 93.1. The summed E-state index contributed by atoms with van der Waals surface area (Å²) in [5, 5.41) is 0. The molecule has 0 saturated heterocycles. The van der Waals surface area contributed by atoms with Gasteiger partial charge in [-0.25, -0.2) is 9.97 Å². The number of hydrogen-bond acceptors (Lipinski definition) is 4. The van der Waals surface area contributed by atoms with Crippen LogP contribution in [0.5, 0.6) is 0 Å². The van der Waals surface area contributed by atoms with Gasteiger partial charge in [-0.15, -0.1) is 0 Å². The lowest BCUT2D eigenvalue weighted by atomic mass is 9.78.